The number of carboxylic acid groups (broad SMARTS) is 2. The molecule has 3 aromatic carbocycles. The summed E-state index contributed by atoms with van der Waals surface area (Å²) in [6, 6.07) is 22.1. The van der Waals surface area contributed by atoms with Crippen molar-refractivity contribution in [1.82, 2.24) is 34.9 Å². The van der Waals surface area contributed by atoms with Crippen LogP contribution in [0.3, 0.4) is 0 Å². The van der Waals surface area contributed by atoms with E-state index in [-0.39, 0.29) is 66.3 Å². The molecule has 4 saturated carbocycles. The highest BCUT2D eigenvalue weighted by molar-refractivity contribution is 7.22. The summed E-state index contributed by atoms with van der Waals surface area (Å²) in [5.41, 5.74) is 5.39. The summed E-state index contributed by atoms with van der Waals surface area (Å²) in [5, 5.41) is 52.9. The standard InChI is InChI=1S/C66H73N9O15S/c1-38-44(42-16-17-51(70-55(42)59(84)85)73-22-20-40-10-7-11-43(45(40)28-73)57(81)71-61-69-46-12-5-6-13-50(46)91-61)27-68-75(38)37-65-32-63(2)31-64(3,33-65)35-66(34-63,36-65)88-24-23-72(4)62(86)87-30-41-15-14-39(9-8-21-67-52(77)29-74-53(78)18-19-54(74)79)25-48(41)89-60-56(80)47(76)26-49(90-60)58(82)83/h5-7,10-19,25,27,47,49,56,60,76,80H,8-9,20-24,26,28-37H2,1-4H3,(H,67,77)(H,82,83)(H,84,85)(H,69,71,81)/t47-,49-,56+,60?,63?,64?,65?,66?/m0/s1. The molecule has 3 unspecified atom stereocenters. The van der Waals surface area contributed by atoms with Crippen LogP contribution in [0.5, 0.6) is 5.75 Å². The van der Waals surface area contributed by atoms with Crippen LogP contribution in [0.4, 0.5) is 15.7 Å². The number of rotatable bonds is 22. The van der Waals surface area contributed by atoms with E-state index in [1.54, 1.807) is 37.5 Å². The van der Waals surface area contributed by atoms with Crippen molar-refractivity contribution in [3.8, 4) is 16.9 Å². The number of benzene rings is 3. The van der Waals surface area contributed by atoms with Gasteiger partial charge in [-0.05, 0) is 134 Å². The van der Waals surface area contributed by atoms with Crippen LogP contribution in [-0.2, 0) is 65.9 Å². The molecule has 478 valence electrons. The number of imide groups is 1. The summed E-state index contributed by atoms with van der Waals surface area (Å²) in [6.07, 6.45) is 3.68. The molecule has 24 nitrogen and oxygen atoms in total. The number of nitrogens with one attached hydrogen (secondary N) is 2. The quantitative estimate of drug-likeness (QED) is 0.0293. The average Bonchev–Trinajstić information content (AvgIpc) is 1.09. The minimum Gasteiger partial charge on any atom is -0.479 e. The monoisotopic (exact) mass is 1260 g/mol. The molecule has 6 heterocycles. The van der Waals surface area contributed by atoms with E-state index in [1.165, 1.54) is 16.2 Å². The summed E-state index contributed by atoms with van der Waals surface area (Å²) >= 11 is 1.41. The van der Waals surface area contributed by atoms with Gasteiger partial charge in [-0.25, -0.2) is 24.4 Å². The molecular weight excluding hydrogens is 1190 g/mol. The van der Waals surface area contributed by atoms with Crippen LogP contribution in [0.2, 0.25) is 0 Å². The summed E-state index contributed by atoms with van der Waals surface area (Å²) in [4.78, 5) is 102. The zero-order chi connectivity index (χ0) is 64.1. The van der Waals surface area contributed by atoms with Crippen molar-refractivity contribution in [2.24, 2.45) is 16.2 Å². The van der Waals surface area contributed by atoms with Crippen LogP contribution < -0.4 is 20.3 Å². The van der Waals surface area contributed by atoms with Crippen LogP contribution in [0.1, 0.15) is 114 Å². The number of para-hydroxylation sites is 1. The Balaban J connectivity index is 0.682. The Morgan fingerprint density at radius 3 is 2.41 bits per heavy atom. The van der Waals surface area contributed by atoms with E-state index < -0.39 is 72.5 Å². The van der Waals surface area contributed by atoms with Crippen LogP contribution in [-0.4, -0.2) is 162 Å². The largest absolute Gasteiger partial charge is 0.479 e. The number of aryl methyl sites for hydroxylation is 1. The Hall–Kier alpha value is -8.62. The summed E-state index contributed by atoms with van der Waals surface area (Å²) in [6.45, 7) is 8.10. The van der Waals surface area contributed by atoms with Gasteiger partial charge in [0, 0.05) is 86.3 Å². The zero-order valence-electron chi connectivity index (χ0n) is 51.0. The lowest BCUT2D eigenvalue weighted by atomic mass is 9.39. The maximum Gasteiger partial charge on any atom is 0.409 e. The third-order valence-electron chi connectivity index (χ3n) is 18.7. The molecule has 0 spiro atoms. The Bertz CT molecular complexity index is 3850. The van der Waals surface area contributed by atoms with E-state index in [9.17, 15) is 54.0 Å². The predicted octanol–water partition coefficient (Wildman–Crippen LogP) is 7.05. The number of nitrogens with zero attached hydrogens (tertiary/aromatic N) is 7. The van der Waals surface area contributed by atoms with Gasteiger partial charge in [0.15, 0.2) is 16.9 Å². The molecule has 4 aliphatic carbocycles. The Morgan fingerprint density at radius 1 is 0.890 bits per heavy atom. The summed E-state index contributed by atoms with van der Waals surface area (Å²) < 4.78 is 27.4. The number of aliphatic hydroxyl groups is 2. The van der Waals surface area contributed by atoms with E-state index in [1.807, 2.05) is 65.0 Å². The van der Waals surface area contributed by atoms with Gasteiger partial charge in [-0.2, -0.15) is 5.10 Å². The van der Waals surface area contributed by atoms with Gasteiger partial charge >= 0.3 is 18.0 Å². The number of aliphatic hydroxyl groups excluding tert-OH is 2. The van der Waals surface area contributed by atoms with Crippen LogP contribution in [0.25, 0.3) is 21.3 Å². The van der Waals surface area contributed by atoms with Crippen LogP contribution in [0.15, 0.2) is 91.1 Å². The second-order valence-electron chi connectivity index (χ2n) is 26.2. The highest BCUT2D eigenvalue weighted by atomic mass is 32.1. The second kappa shape index (κ2) is 24.9. The molecule has 1 saturated heterocycles. The number of carbonyl (C=O) groups excluding carboxylic acids is 5. The molecule has 0 radical (unpaired) electrons. The predicted molar refractivity (Wildman–Crippen MR) is 331 cm³/mol. The molecule has 91 heavy (non-hydrogen) atoms. The van der Waals surface area contributed by atoms with Crippen molar-refractivity contribution < 1.29 is 72.9 Å². The molecule has 7 aliphatic rings. The average molecular weight is 1260 g/mol. The first-order valence-electron chi connectivity index (χ1n) is 30.6. The first-order valence-corrected chi connectivity index (χ1v) is 31.4. The van der Waals surface area contributed by atoms with E-state index in [2.05, 4.69) is 29.5 Å². The van der Waals surface area contributed by atoms with Gasteiger partial charge in [0.2, 0.25) is 12.2 Å². The first-order chi connectivity index (χ1) is 43.5. The lowest BCUT2D eigenvalue weighted by Crippen LogP contribution is -2.64. The molecule has 5 amide bonds. The molecule has 6 aromatic rings. The Kier molecular flexibility index (Phi) is 17.1. The fourth-order valence-corrected chi connectivity index (χ4v) is 16.5. The molecule has 4 bridgehead atoms. The number of aromatic carboxylic acids is 1. The number of hydrogen-bond donors (Lipinski definition) is 6. The summed E-state index contributed by atoms with van der Waals surface area (Å²) in [5.74, 6) is -3.86. The van der Waals surface area contributed by atoms with E-state index >= 15 is 0 Å². The van der Waals surface area contributed by atoms with Gasteiger partial charge in [0.05, 0.1) is 34.7 Å². The lowest BCUT2D eigenvalue weighted by Gasteiger charge is -2.69. The first kappa shape index (κ1) is 62.6. The zero-order valence-corrected chi connectivity index (χ0v) is 51.8. The van der Waals surface area contributed by atoms with Crippen LogP contribution >= 0.6 is 11.3 Å². The highest BCUT2D eigenvalue weighted by Gasteiger charge is 2.66. The topological polar surface area (TPSA) is 315 Å². The van der Waals surface area contributed by atoms with E-state index in [4.69, 9.17) is 29.0 Å². The van der Waals surface area contributed by atoms with Gasteiger partial charge in [-0.15, -0.1) is 0 Å². The van der Waals surface area contributed by atoms with Crippen LogP contribution in [0, 0.1) is 23.2 Å². The fraction of sp³-hybridized carbons (Fsp3) is 0.455. The fourth-order valence-electron chi connectivity index (χ4n) is 15.7. The maximum atomic E-state index is 13.8. The van der Waals surface area contributed by atoms with Gasteiger partial charge in [-0.1, -0.05) is 61.6 Å². The molecule has 13 rings (SSSR count). The molecule has 3 aromatic heterocycles. The van der Waals surface area contributed by atoms with Gasteiger partial charge in [-0.3, -0.25) is 34.1 Å². The van der Waals surface area contributed by atoms with Crippen molar-refractivity contribution in [2.45, 2.75) is 135 Å². The molecular formula is C66H73N9O15S. The third kappa shape index (κ3) is 13.2. The number of anilines is 2. The SMILES string of the molecule is Cc1c(-c2ccc(N3CCc4cccc(C(=O)Nc5nc6ccccc6s5)c4C3)nc2C(=O)O)cnn1CC12CC3(C)CC(C)(C1)CC(OCCN(C)C(=O)OCc1ccc(CCCNC(=O)CN4C(=O)C=CC4=O)cc1OC1O[C@H](C(=O)O)C[C@H](O)[C@H]1O)(C3)C2. The van der Waals surface area contributed by atoms with Crippen molar-refractivity contribution in [2.75, 3.05) is 50.1 Å². The van der Waals surface area contributed by atoms with E-state index in [0.29, 0.717) is 77.7 Å². The summed E-state index contributed by atoms with van der Waals surface area (Å²) in [7, 11) is 1.61. The minimum absolute atomic E-state index is 0.0302. The van der Waals surface area contributed by atoms with Crippen molar-refractivity contribution in [3.63, 3.8) is 0 Å². The van der Waals surface area contributed by atoms with Crippen molar-refractivity contribution in [1.29, 1.82) is 0 Å². The molecule has 5 fully saturated rings. The molecule has 25 heteroatoms. The number of ether oxygens (including phenoxy) is 4. The number of likely N-dealkylation sites (N-methyl/N-ethyl adjacent to an activating group) is 1. The normalized spacial score (nSPS) is 25.6. The smallest absolute Gasteiger partial charge is 0.409 e. The third-order valence-corrected chi connectivity index (χ3v) is 19.7. The number of aliphatic carboxylic acids is 1. The van der Waals surface area contributed by atoms with Gasteiger partial charge in [0.25, 0.3) is 17.7 Å². The molecule has 6 N–H and O–H groups in total. The van der Waals surface area contributed by atoms with Gasteiger partial charge in [0.1, 0.15) is 30.8 Å². The van der Waals surface area contributed by atoms with Crippen molar-refractivity contribution in [3.05, 3.63) is 130 Å². The lowest BCUT2D eigenvalue weighted by molar-refractivity contribution is -0.248. The van der Waals surface area contributed by atoms with Crippen molar-refractivity contribution >= 4 is 74.2 Å². The van der Waals surface area contributed by atoms with Gasteiger partial charge < -0.3 is 54.5 Å². The minimum atomic E-state index is -1.61. The maximum absolute atomic E-state index is 13.8. The molecule has 6 atom stereocenters. The number of carboxylic acids is 2. The Labute approximate surface area is 528 Å². The second-order valence-corrected chi connectivity index (χ2v) is 27.2. The number of hydrogen-bond acceptors (Lipinski definition) is 18. The molecule has 3 aliphatic heterocycles. The highest BCUT2D eigenvalue weighted by Crippen LogP contribution is 2.72. The number of amides is 5. The number of thiazole rings is 1. The van der Waals surface area contributed by atoms with E-state index in [0.717, 1.165) is 82.6 Å². The number of carbonyl (C=O) groups is 7. The number of pyridine rings is 1. The number of aromatic nitrogens is 4. The Morgan fingerprint density at radius 2 is 1.66 bits per heavy atom. The number of fused-ring (bicyclic) bond motifs is 2.